The van der Waals surface area contributed by atoms with Crippen LogP contribution in [0.2, 0.25) is 10.0 Å². The first kappa shape index (κ1) is 17.8. The fraction of sp³-hybridized carbons (Fsp3) is 0.467. The summed E-state index contributed by atoms with van der Waals surface area (Å²) in [6.45, 7) is 2.46. The maximum Gasteiger partial charge on any atom is 0.311 e. The van der Waals surface area contributed by atoms with Gasteiger partial charge >= 0.3 is 11.9 Å². The molecule has 0 radical (unpaired) electrons. The summed E-state index contributed by atoms with van der Waals surface area (Å²) in [6.07, 6.45) is 2.88. The van der Waals surface area contributed by atoms with Gasteiger partial charge in [-0.15, -0.1) is 0 Å². The molecule has 0 aromatic heterocycles. The number of benzene rings is 1. The van der Waals surface area contributed by atoms with Gasteiger partial charge < -0.3 is 9.47 Å². The molecule has 0 aliphatic carbocycles. The summed E-state index contributed by atoms with van der Waals surface area (Å²) in [5, 5.41) is 0.751. The molecule has 6 heteroatoms. The molecule has 0 spiro atoms. The highest BCUT2D eigenvalue weighted by atomic mass is 35.5. The maximum absolute atomic E-state index is 11.6. The molecule has 4 nitrogen and oxygen atoms in total. The average Bonchev–Trinajstić information content (AvgIpc) is 2.40. The fourth-order valence-corrected chi connectivity index (χ4v) is 2.09. The van der Waals surface area contributed by atoms with Crippen LogP contribution in [0, 0.1) is 0 Å². The lowest BCUT2D eigenvalue weighted by Crippen LogP contribution is -2.12. The Morgan fingerprint density at radius 3 is 2.24 bits per heavy atom. The van der Waals surface area contributed by atoms with Crippen molar-refractivity contribution in [3.8, 4) is 5.75 Å². The first-order valence-corrected chi connectivity index (χ1v) is 7.59. The Kier molecular flexibility index (Phi) is 8.16. The first-order chi connectivity index (χ1) is 10.0. The number of hydrogen-bond acceptors (Lipinski definition) is 4. The molecule has 0 unspecified atom stereocenters. The van der Waals surface area contributed by atoms with Crippen molar-refractivity contribution in [2.24, 2.45) is 0 Å². The van der Waals surface area contributed by atoms with E-state index >= 15 is 0 Å². The van der Waals surface area contributed by atoms with Crippen molar-refractivity contribution < 1.29 is 19.1 Å². The number of unbranched alkanes of at least 4 members (excludes halogenated alkanes) is 2. The summed E-state index contributed by atoms with van der Waals surface area (Å²) in [4.78, 5) is 23.0. The number of halogens is 2. The van der Waals surface area contributed by atoms with Crippen molar-refractivity contribution in [2.45, 2.75) is 39.0 Å². The highest BCUT2D eigenvalue weighted by Gasteiger charge is 2.11. The third kappa shape index (κ3) is 7.93. The summed E-state index contributed by atoms with van der Waals surface area (Å²) in [5.41, 5.74) is 0. The van der Waals surface area contributed by atoms with Crippen molar-refractivity contribution in [3.63, 3.8) is 0 Å². The molecule has 0 saturated carbocycles. The molecule has 0 amide bonds. The van der Waals surface area contributed by atoms with Crippen molar-refractivity contribution in [2.75, 3.05) is 6.61 Å². The predicted octanol–water partition coefficient (Wildman–Crippen LogP) is 4.41. The van der Waals surface area contributed by atoms with Crippen LogP contribution in [0.3, 0.4) is 0 Å². The average molecular weight is 333 g/mol. The number of rotatable bonds is 8. The summed E-state index contributed by atoms with van der Waals surface area (Å²) in [6, 6.07) is 4.50. The zero-order valence-corrected chi connectivity index (χ0v) is 13.4. The molecule has 0 fully saturated rings. The summed E-state index contributed by atoms with van der Waals surface area (Å²) >= 11 is 11.6. The standard InChI is InChI=1S/C15H18Cl2O4/c1-2-3-4-7-20-14(18)5-6-15(19)21-13-9-11(16)8-12(17)10-13/h8-10H,2-7H2,1H3. The number of esters is 2. The van der Waals surface area contributed by atoms with Gasteiger partial charge in [-0.05, 0) is 24.6 Å². The van der Waals surface area contributed by atoms with Crippen LogP contribution in [0.5, 0.6) is 5.75 Å². The van der Waals surface area contributed by atoms with E-state index in [9.17, 15) is 9.59 Å². The van der Waals surface area contributed by atoms with E-state index in [4.69, 9.17) is 32.7 Å². The largest absolute Gasteiger partial charge is 0.466 e. The van der Waals surface area contributed by atoms with Crippen LogP contribution < -0.4 is 4.74 Å². The van der Waals surface area contributed by atoms with Gasteiger partial charge in [-0.1, -0.05) is 43.0 Å². The maximum atomic E-state index is 11.6. The van der Waals surface area contributed by atoms with Crippen LogP contribution in [0.25, 0.3) is 0 Å². The van der Waals surface area contributed by atoms with Crippen molar-refractivity contribution in [1.29, 1.82) is 0 Å². The molecule has 21 heavy (non-hydrogen) atoms. The van der Waals surface area contributed by atoms with Crippen LogP contribution in [-0.2, 0) is 14.3 Å². The zero-order chi connectivity index (χ0) is 15.7. The van der Waals surface area contributed by atoms with Crippen LogP contribution in [0.4, 0.5) is 0 Å². The van der Waals surface area contributed by atoms with Crippen molar-refractivity contribution >= 4 is 35.1 Å². The van der Waals surface area contributed by atoms with Gasteiger partial charge in [0.05, 0.1) is 19.4 Å². The van der Waals surface area contributed by atoms with E-state index in [0.717, 1.165) is 19.3 Å². The Hall–Kier alpha value is -1.26. The highest BCUT2D eigenvalue weighted by Crippen LogP contribution is 2.24. The Bertz CT molecular complexity index is 468. The topological polar surface area (TPSA) is 52.6 Å². The van der Waals surface area contributed by atoms with Crippen LogP contribution in [0.15, 0.2) is 18.2 Å². The van der Waals surface area contributed by atoms with Gasteiger partial charge in [-0.3, -0.25) is 9.59 Å². The van der Waals surface area contributed by atoms with Gasteiger partial charge in [0.15, 0.2) is 0 Å². The zero-order valence-electron chi connectivity index (χ0n) is 11.9. The summed E-state index contributed by atoms with van der Waals surface area (Å²) < 4.78 is 10.0. The Morgan fingerprint density at radius 2 is 1.62 bits per heavy atom. The minimum absolute atomic E-state index is 0.000738. The van der Waals surface area contributed by atoms with Gasteiger partial charge in [0.1, 0.15) is 5.75 Å². The lowest BCUT2D eigenvalue weighted by atomic mass is 10.3. The van der Waals surface area contributed by atoms with Crippen LogP contribution >= 0.6 is 23.2 Å². The van der Waals surface area contributed by atoms with Gasteiger partial charge in [0.25, 0.3) is 0 Å². The molecule has 0 bridgehead atoms. The molecule has 0 N–H and O–H groups in total. The fourth-order valence-electron chi connectivity index (χ4n) is 1.58. The number of carbonyl (C=O) groups excluding carboxylic acids is 2. The molecule has 0 saturated heterocycles. The minimum atomic E-state index is -0.529. The van der Waals surface area contributed by atoms with E-state index in [1.165, 1.54) is 18.2 Å². The Morgan fingerprint density at radius 1 is 1.00 bits per heavy atom. The smallest absolute Gasteiger partial charge is 0.311 e. The second-order valence-electron chi connectivity index (χ2n) is 4.51. The molecule has 1 rings (SSSR count). The van der Waals surface area contributed by atoms with Gasteiger partial charge in [-0.2, -0.15) is 0 Å². The van der Waals surface area contributed by atoms with E-state index in [-0.39, 0.29) is 18.6 Å². The molecule has 0 aliphatic rings. The third-order valence-corrected chi connectivity index (χ3v) is 3.05. The summed E-state index contributed by atoms with van der Waals surface area (Å²) in [5.74, 6) is -0.667. The number of carbonyl (C=O) groups is 2. The predicted molar refractivity (Wildman–Crippen MR) is 81.8 cm³/mol. The van der Waals surface area contributed by atoms with Crippen molar-refractivity contribution in [3.05, 3.63) is 28.2 Å². The van der Waals surface area contributed by atoms with Gasteiger partial charge in [-0.25, -0.2) is 0 Å². The van der Waals surface area contributed by atoms with E-state index in [0.29, 0.717) is 16.7 Å². The Balaban J connectivity index is 2.29. The van der Waals surface area contributed by atoms with E-state index in [2.05, 4.69) is 6.92 Å². The second kappa shape index (κ2) is 9.64. The Labute approximate surface area is 134 Å². The lowest BCUT2D eigenvalue weighted by molar-refractivity contribution is -0.147. The first-order valence-electron chi connectivity index (χ1n) is 6.83. The van der Waals surface area contributed by atoms with E-state index in [1.807, 2.05) is 0 Å². The molecular weight excluding hydrogens is 315 g/mol. The molecule has 116 valence electrons. The van der Waals surface area contributed by atoms with Crippen molar-refractivity contribution in [1.82, 2.24) is 0 Å². The summed E-state index contributed by atoms with van der Waals surface area (Å²) in [7, 11) is 0. The molecule has 1 aromatic carbocycles. The highest BCUT2D eigenvalue weighted by molar-refractivity contribution is 6.34. The molecule has 0 heterocycles. The number of ether oxygens (including phenoxy) is 2. The lowest BCUT2D eigenvalue weighted by Gasteiger charge is -2.06. The second-order valence-corrected chi connectivity index (χ2v) is 5.38. The third-order valence-electron chi connectivity index (χ3n) is 2.61. The molecular formula is C15H18Cl2O4. The minimum Gasteiger partial charge on any atom is -0.466 e. The molecule has 1 aromatic rings. The normalized spacial score (nSPS) is 10.2. The SMILES string of the molecule is CCCCCOC(=O)CCC(=O)Oc1cc(Cl)cc(Cl)c1. The number of hydrogen-bond donors (Lipinski definition) is 0. The van der Waals surface area contributed by atoms with E-state index < -0.39 is 11.9 Å². The molecule has 0 aliphatic heterocycles. The monoisotopic (exact) mass is 332 g/mol. The van der Waals surface area contributed by atoms with Gasteiger partial charge in [0.2, 0.25) is 0 Å². The quantitative estimate of drug-likeness (QED) is 0.402. The molecule has 0 atom stereocenters. The van der Waals surface area contributed by atoms with Crippen LogP contribution in [-0.4, -0.2) is 18.5 Å². The van der Waals surface area contributed by atoms with E-state index in [1.54, 1.807) is 0 Å². The van der Waals surface area contributed by atoms with Gasteiger partial charge in [0, 0.05) is 10.0 Å². The van der Waals surface area contributed by atoms with Crippen LogP contribution in [0.1, 0.15) is 39.0 Å².